The lowest BCUT2D eigenvalue weighted by Gasteiger charge is -2.56. The van der Waals surface area contributed by atoms with Gasteiger partial charge in [-0.2, -0.15) is 0 Å². The van der Waals surface area contributed by atoms with Gasteiger partial charge < -0.3 is 9.67 Å². The van der Waals surface area contributed by atoms with Crippen LogP contribution in [0.15, 0.2) is 18.3 Å². The zero-order chi connectivity index (χ0) is 15.0. The summed E-state index contributed by atoms with van der Waals surface area (Å²) in [4.78, 5) is 13.7. The molecular formula is C17H17Br2NO2. The van der Waals surface area contributed by atoms with Crippen LogP contribution in [0.4, 0.5) is 0 Å². The number of carbonyl (C=O) groups excluding carboxylic acids is 1. The molecule has 1 aromatic rings. The van der Waals surface area contributed by atoms with Gasteiger partial charge >= 0.3 is 0 Å². The van der Waals surface area contributed by atoms with Crippen LogP contribution in [0.25, 0.3) is 0 Å². The Morgan fingerprint density at radius 3 is 3.05 bits per heavy atom. The number of Topliss-reactive ketones (excluding diaryl/α,β-unsaturated/α-hetero) is 1. The Balaban J connectivity index is 1.75. The number of hydrogen-bond acceptors (Lipinski definition) is 2. The summed E-state index contributed by atoms with van der Waals surface area (Å²) in [5.41, 5.74) is -0.0607. The molecule has 2 heterocycles. The highest BCUT2D eigenvalue weighted by Crippen LogP contribution is 2.82. The summed E-state index contributed by atoms with van der Waals surface area (Å²) in [5.74, 6) is 1.87. The summed E-state index contributed by atoms with van der Waals surface area (Å²) < 4.78 is 2.13. The number of alkyl halides is 2. The van der Waals surface area contributed by atoms with Crippen LogP contribution in [0, 0.1) is 40.9 Å². The van der Waals surface area contributed by atoms with Crippen LogP contribution in [0.3, 0.4) is 0 Å². The molecule has 22 heavy (non-hydrogen) atoms. The summed E-state index contributed by atoms with van der Waals surface area (Å²) in [6, 6.07) is 4.10. The zero-order valence-corrected chi connectivity index (χ0v) is 15.1. The number of halogens is 2. The van der Waals surface area contributed by atoms with Crippen LogP contribution in [-0.2, 0) is 16.9 Å². The third-order valence-electron chi connectivity index (χ3n) is 7.93. The number of hydrogen-bond donors (Lipinski definition) is 1. The van der Waals surface area contributed by atoms with Crippen LogP contribution in [0.2, 0.25) is 0 Å². The Labute approximate surface area is 145 Å². The number of rotatable bonds is 1. The SMILES string of the molecule is O=C1[C@@H]2[C@H]3C[C@@H]4[C@H](C3Br)[C@@H]3[C@H]1Cc1cccn1[C@@]3(O)[C@@]42CBr. The van der Waals surface area contributed by atoms with Crippen LogP contribution in [-0.4, -0.2) is 25.6 Å². The monoisotopic (exact) mass is 425 g/mol. The second kappa shape index (κ2) is 3.60. The van der Waals surface area contributed by atoms with Crippen molar-refractivity contribution in [3.8, 4) is 0 Å². The molecule has 3 nitrogen and oxygen atoms in total. The summed E-state index contributed by atoms with van der Waals surface area (Å²) in [6.45, 7) is 0. The molecule has 5 heteroatoms. The molecule has 1 unspecified atom stereocenters. The first-order valence-corrected chi connectivity index (χ1v) is 10.2. The smallest absolute Gasteiger partial charge is 0.152 e. The number of nitrogens with zero attached hydrogens (tertiary/aromatic N) is 1. The Morgan fingerprint density at radius 2 is 2.27 bits per heavy atom. The molecule has 0 saturated heterocycles. The topological polar surface area (TPSA) is 42.2 Å². The van der Waals surface area contributed by atoms with E-state index in [0.717, 1.165) is 23.9 Å². The number of carbonyl (C=O) groups is 1. The molecule has 6 rings (SSSR count). The zero-order valence-electron chi connectivity index (χ0n) is 12.0. The molecule has 4 fully saturated rings. The Kier molecular flexibility index (Phi) is 2.16. The van der Waals surface area contributed by atoms with E-state index in [-0.39, 0.29) is 23.2 Å². The molecule has 9 atom stereocenters. The van der Waals surface area contributed by atoms with Crippen LogP contribution in [0.1, 0.15) is 12.1 Å². The van der Waals surface area contributed by atoms with Crippen LogP contribution in [0.5, 0.6) is 0 Å². The highest BCUT2D eigenvalue weighted by atomic mass is 79.9. The minimum Gasteiger partial charge on any atom is -0.370 e. The molecule has 116 valence electrons. The Bertz CT molecular complexity index is 732. The van der Waals surface area contributed by atoms with E-state index < -0.39 is 5.72 Å². The van der Waals surface area contributed by atoms with Crippen LogP contribution < -0.4 is 0 Å². The molecule has 0 radical (unpaired) electrons. The van der Waals surface area contributed by atoms with Crippen molar-refractivity contribution in [1.82, 2.24) is 4.57 Å². The van der Waals surface area contributed by atoms with Gasteiger partial charge in [0.15, 0.2) is 5.72 Å². The normalized spacial score (nSPS) is 59.4. The van der Waals surface area contributed by atoms with E-state index in [9.17, 15) is 9.90 Å². The maximum atomic E-state index is 13.3. The summed E-state index contributed by atoms with van der Waals surface area (Å²) in [5, 5.41) is 12.8. The first-order chi connectivity index (χ1) is 10.6. The third kappa shape index (κ3) is 0.960. The minimum atomic E-state index is -0.885. The predicted molar refractivity (Wildman–Crippen MR) is 87.8 cm³/mol. The Hall–Kier alpha value is -0.130. The van der Waals surface area contributed by atoms with Crippen LogP contribution >= 0.6 is 31.9 Å². The van der Waals surface area contributed by atoms with Gasteiger partial charge in [0.05, 0.1) is 0 Å². The van der Waals surface area contributed by atoms with Gasteiger partial charge in [-0.3, -0.25) is 4.79 Å². The van der Waals surface area contributed by atoms with Crippen molar-refractivity contribution in [2.45, 2.75) is 23.4 Å². The summed E-state index contributed by atoms with van der Waals surface area (Å²) >= 11 is 7.66. The lowest BCUT2D eigenvalue weighted by Crippen LogP contribution is -2.65. The molecular weight excluding hydrogens is 410 g/mol. The van der Waals surface area contributed by atoms with E-state index in [1.54, 1.807) is 0 Å². The van der Waals surface area contributed by atoms with Crippen molar-refractivity contribution >= 4 is 37.6 Å². The van der Waals surface area contributed by atoms with E-state index in [1.165, 1.54) is 0 Å². The summed E-state index contributed by atoms with van der Waals surface area (Å²) in [6.07, 6.45) is 3.95. The third-order valence-corrected chi connectivity index (χ3v) is 10.2. The molecule has 5 aliphatic rings. The first kappa shape index (κ1) is 13.2. The maximum Gasteiger partial charge on any atom is 0.152 e. The van der Waals surface area contributed by atoms with Gasteiger partial charge in [-0.05, 0) is 42.7 Å². The quantitative estimate of drug-likeness (QED) is 0.701. The number of fused-ring (bicyclic) bond motifs is 3. The van der Waals surface area contributed by atoms with Gasteiger partial charge in [0.2, 0.25) is 0 Å². The van der Waals surface area contributed by atoms with E-state index >= 15 is 0 Å². The standard InChI is InChI=1S/C17H17Br2NO2/c18-6-16-10-5-8-13(16)15(21)9-4-7-2-1-3-20(7)17(16,22)12(9)11(10)14(8)19/h1-3,8-14,22H,4-6H2/t8-,9-,10-,11+,12+,13+,14?,16+,17+/m1/s1. The van der Waals surface area contributed by atoms with Crippen molar-refractivity contribution in [1.29, 1.82) is 0 Å². The average Bonchev–Trinajstić information content (AvgIpc) is 3.17. The molecule has 4 saturated carbocycles. The lowest BCUT2D eigenvalue weighted by atomic mass is 9.56. The fraction of sp³-hybridized carbons (Fsp3) is 0.706. The second-order valence-corrected chi connectivity index (χ2v) is 9.63. The van der Waals surface area contributed by atoms with Crippen molar-refractivity contribution in [3.05, 3.63) is 24.0 Å². The lowest BCUT2D eigenvalue weighted by molar-refractivity contribution is -0.216. The van der Waals surface area contributed by atoms with E-state index in [1.807, 2.05) is 12.3 Å². The van der Waals surface area contributed by atoms with Gasteiger partial charge in [0.1, 0.15) is 5.78 Å². The molecule has 6 bridgehead atoms. The van der Waals surface area contributed by atoms with Gasteiger partial charge in [0.25, 0.3) is 0 Å². The van der Waals surface area contributed by atoms with E-state index in [4.69, 9.17) is 0 Å². The fourth-order valence-electron chi connectivity index (χ4n) is 7.56. The van der Waals surface area contributed by atoms with Gasteiger partial charge in [-0.15, -0.1) is 0 Å². The van der Waals surface area contributed by atoms with Crippen molar-refractivity contribution in [2.75, 3.05) is 5.33 Å². The molecule has 1 aliphatic heterocycles. The number of aromatic nitrogens is 1. The molecule has 1 aromatic heterocycles. The molecule has 0 amide bonds. The molecule has 0 spiro atoms. The minimum absolute atomic E-state index is 0.0156. The largest absolute Gasteiger partial charge is 0.370 e. The van der Waals surface area contributed by atoms with E-state index in [0.29, 0.717) is 28.4 Å². The number of aliphatic hydroxyl groups is 1. The number of ketones is 1. The molecule has 1 N–H and O–H groups in total. The highest BCUT2D eigenvalue weighted by molar-refractivity contribution is 9.09. The van der Waals surface area contributed by atoms with Gasteiger partial charge in [-0.1, -0.05) is 31.9 Å². The van der Waals surface area contributed by atoms with Crippen molar-refractivity contribution in [2.24, 2.45) is 40.9 Å². The van der Waals surface area contributed by atoms with E-state index in [2.05, 4.69) is 42.5 Å². The average molecular weight is 427 g/mol. The fourth-order valence-corrected chi connectivity index (χ4v) is 9.95. The molecule has 0 aromatic carbocycles. The van der Waals surface area contributed by atoms with Gasteiger partial charge in [-0.25, -0.2) is 0 Å². The molecule has 4 aliphatic carbocycles. The first-order valence-electron chi connectivity index (χ1n) is 8.20. The predicted octanol–water partition coefficient (Wildman–Crippen LogP) is 2.54. The van der Waals surface area contributed by atoms with Gasteiger partial charge in [0, 0.05) is 45.2 Å². The summed E-state index contributed by atoms with van der Waals surface area (Å²) in [7, 11) is 0. The van der Waals surface area contributed by atoms with Crippen molar-refractivity contribution < 1.29 is 9.90 Å². The second-order valence-electron chi connectivity index (χ2n) is 8.01. The Morgan fingerprint density at radius 1 is 1.45 bits per heavy atom. The van der Waals surface area contributed by atoms with Crippen molar-refractivity contribution in [3.63, 3.8) is 0 Å². The maximum absolute atomic E-state index is 13.3. The highest BCUT2D eigenvalue weighted by Gasteiger charge is 2.86.